The van der Waals surface area contributed by atoms with Gasteiger partial charge in [-0.2, -0.15) is 0 Å². The Morgan fingerprint density at radius 2 is 1.71 bits per heavy atom. The third-order valence-corrected chi connectivity index (χ3v) is 3.57. The van der Waals surface area contributed by atoms with Gasteiger partial charge in [-0.1, -0.05) is 30.2 Å². The summed E-state index contributed by atoms with van der Waals surface area (Å²) in [7, 11) is 0. The quantitative estimate of drug-likeness (QED) is 0.421. The average Bonchev–Trinajstić information content (AvgIpc) is 2.58. The van der Waals surface area contributed by atoms with Crippen LogP contribution in [0.15, 0.2) is 36.4 Å². The van der Waals surface area contributed by atoms with Gasteiger partial charge in [-0.05, 0) is 12.1 Å². The van der Waals surface area contributed by atoms with Crippen molar-refractivity contribution >= 4 is 17.5 Å². The molecule has 0 fully saturated rings. The molecule has 0 spiro atoms. The van der Waals surface area contributed by atoms with E-state index in [0.717, 1.165) is 0 Å². The monoisotopic (exact) mass is 320 g/mol. The van der Waals surface area contributed by atoms with Gasteiger partial charge in [0.25, 0.3) is 0 Å². The molecule has 5 nitrogen and oxygen atoms in total. The lowest BCUT2D eigenvalue weighted by atomic mass is 9.83. The van der Waals surface area contributed by atoms with Gasteiger partial charge in [0, 0.05) is 23.6 Å². The Bertz CT molecular complexity index is 918. The van der Waals surface area contributed by atoms with Crippen LogP contribution in [0.5, 0.6) is 11.5 Å². The Morgan fingerprint density at radius 3 is 2.33 bits per heavy atom. The van der Waals surface area contributed by atoms with Gasteiger partial charge in [-0.15, -0.1) is 6.42 Å². The molecule has 0 atom stereocenters. The molecule has 118 valence electrons. The molecular weight excluding hydrogens is 308 g/mol. The molecule has 0 saturated heterocycles. The Morgan fingerprint density at radius 1 is 1.04 bits per heavy atom. The molecule has 0 radical (unpaired) electrons. The van der Waals surface area contributed by atoms with Gasteiger partial charge in [0.15, 0.2) is 23.1 Å². The topological polar surface area (TPSA) is 69.7 Å². The fourth-order valence-corrected chi connectivity index (χ4v) is 2.62. The number of carbonyl (C=O) groups is 3. The van der Waals surface area contributed by atoms with Crippen molar-refractivity contribution in [1.29, 1.82) is 0 Å². The van der Waals surface area contributed by atoms with E-state index in [-0.39, 0.29) is 40.6 Å². The Hall–Kier alpha value is -3.39. The first-order chi connectivity index (χ1) is 11.5. The number of esters is 1. The highest BCUT2D eigenvalue weighted by molar-refractivity contribution is 6.29. The summed E-state index contributed by atoms with van der Waals surface area (Å²) in [5.41, 5.74) is 0.769. The van der Waals surface area contributed by atoms with Crippen LogP contribution in [-0.2, 0) is 4.79 Å². The van der Waals surface area contributed by atoms with Crippen LogP contribution < -0.4 is 9.47 Å². The van der Waals surface area contributed by atoms with Crippen LogP contribution in [0.2, 0.25) is 0 Å². The van der Waals surface area contributed by atoms with Crippen molar-refractivity contribution in [2.45, 2.75) is 6.92 Å². The highest BCUT2D eigenvalue weighted by Gasteiger charge is 2.34. The predicted molar refractivity (Wildman–Crippen MR) is 85.4 cm³/mol. The molecule has 5 heteroatoms. The van der Waals surface area contributed by atoms with Gasteiger partial charge >= 0.3 is 5.97 Å². The summed E-state index contributed by atoms with van der Waals surface area (Å²) in [5.74, 6) is 1.02. The second kappa shape index (κ2) is 6.01. The minimum absolute atomic E-state index is 0.0171. The van der Waals surface area contributed by atoms with E-state index >= 15 is 0 Å². The molecule has 0 amide bonds. The number of terminal acetylenes is 1. The summed E-state index contributed by atoms with van der Waals surface area (Å²) in [6.07, 6.45) is 5.17. The first-order valence-electron chi connectivity index (χ1n) is 7.14. The largest absolute Gasteiger partial charge is 0.477 e. The van der Waals surface area contributed by atoms with Crippen LogP contribution in [0, 0.1) is 12.3 Å². The third-order valence-electron chi connectivity index (χ3n) is 3.57. The second-order valence-electron chi connectivity index (χ2n) is 5.11. The minimum atomic E-state index is -0.631. The number of ketones is 2. The fourth-order valence-electron chi connectivity index (χ4n) is 2.62. The summed E-state index contributed by atoms with van der Waals surface area (Å²) in [5, 5.41) is 0. The number of carbonyl (C=O) groups excluding carboxylic acids is 3. The van der Waals surface area contributed by atoms with E-state index in [0.29, 0.717) is 5.56 Å². The molecular formula is C19H12O5. The molecule has 0 aromatic heterocycles. The molecule has 0 aliphatic heterocycles. The lowest BCUT2D eigenvalue weighted by molar-refractivity contribution is -0.132. The zero-order chi connectivity index (χ0) is 17.3. The van der Waals surface area contributed by atoms with Crippen molar-refractivity contribution in [1.82, 2.24) is 0 Å². The van der Waals surface area contributed by atoms with Gasteiger partial charge in [0.05, 0.1) is 5.56 Å². The highest BCUT2D eigenvalue weighted by Crippen LogP contribution is 2.39. The SMILES string of the molecule is C#CCOc1ccc2c(c1OC(C)=O)C(=O)c1ccccc1C2=O. The van der Waals surface area contributed by atoms with E-state index in [1.54, 1.807) is 24.3 Å². The molecule has 0 bridgehead atoms. The Kier molecular flexibility index (Phi) is 3.88. The normalized spacial score (nSPS) is 12.0. The molecule has 2 aromatic carbocycles. The first kappa shape index (κ1) is 15.5. The highest BCUT2D eigenvalue weighted by atomic mass is 16.6. The summed E-state index contributed by atoms with van der Waals surface area (Å²) in [6, 6.07) is 9.45. The molecule has 3 rings (SSSR count). The molecule has 24 heavy (non-hydrogen) atoms. The minimum Gasteiger partial charge on any atom is -0.477 e. The average molecular weight is 320 g/mol. The zero-order valence-electron chi connectivity index (χ0n) is 12.8. The Labute approximate surface area is 138 Å². The smallest absolute Gasteiger partial charge is 0.308 e. The molecule has 1 aliphatic rings. The number of hydrogen-bond acceptors (Lipinski definition) is 5. The van der Waals surface area contributed by atoms with Crippen molar-refractivity contribution in [3.8, 4) is 23.8 Å². The second-order valence-corrected chi connectivity index (χ2v) is 5.11. The van der Waals surface area contributed by atoms with E-state index < -0.39 is 11.8 Å². The van der Waals surface area contributed by atoms with Crippen LogP contribution in [0.1, 0.15) is 38.8 Å². The molecule has 0 saturated carbocycles. The standard InChI is InChI=1S/C19H12O5/c1-3-10-23-15-9-8-14-16(19(15)24-11(2)20)18(22)13-7-5-4-6-12(13)17(14)21/h1,4-9H,10H2,2H3. The van der Waals surface area contributed by atoms with E-state index in [2.05, 4.69) is 5.92 Å². The summed E-state index contributed by atoms with van der Waals surface area (Å²) < 4.78 is 10.5. The van der Waals surface area contributed by atoms with Crippen LogP contribution in [0.25, 0.3) is 0 Å². The fraction of sp³-hybridized carbons (Fsp3) is 0.105. The Balaban J connectivity index is 2.24. The third kappa shape index (κ3) is 2.44. The summed E-state index contributed by atoms with van der Waals surface area (Å²) in [6.45, 7) is 1.14. The maximum absolute atomic E-state index is 12.8. The summed E-state index contributed by atoms with van der Waals surface area (Å²) >= 11 is 0. The molecule has 1 aliphatic carbocycles. The number of rotatable bonds is 3. The van der Waals surface area contributed by atoms with Gasteiger partial charge in [0.1, 0.15) is 6.61 Å². The summed E-state index contributed by atoms with van der Waals surface area (Å²) in [4.78, 5) is 36.9. The van der Waals surface area contributed by atoms with Gasteiger partial charge in [0.2, 0.25) is 0 Å². The van der Waals surface area contributed by atoms with Gasteiger partial charge in [-0.3, -0.25) is 14.4 Å². The predicted octanol–water partition coefficient (Wildman–Crippen LogP) is 2.40. The lowest BCUT2D eigenvalue weighted by Crippen LogP contribution is -2.22. The van der Waals surface area contributed by atoms with Crippen molar-refractivity contribution in [3.05, 3.63) is 58.7 Å². The van der Waals surface area contributed by atoms with Crippen LogP contribution in [0.3, 0.4) is 0 Å². The van der Waals surface area contributed by atoms with Crippen molar-refractivity contribution in [2.75, 3.05) is 6.61 Å². The maximum Gasteiger partial charge on any atom is 0.308 e. The molecule has 2 aromatic rings. The maximum atomic E-state index is 12.8. The van der Waals surface area contributed by atoms with Crippen LogP contribution in [0.4, 0.5) is 0 Å². The number of fused-ring (bicyclic) bond motifs is 2. The zero-order valence-corrected chi connectivity index (χ0v) is 12.8. The van der Waals surface area contributed by atoms with Crippen LogP contribution >= 0.6 is 0 Å². The number of ether oxygens (including phenoxy) is 2. The number of benzene rings is 2. The van der Waals surface area contributed by atoms with E-state index in [1.807, 2.05) is 0 Å². The van der Waals surface area contributed by atoms with Gasteiger partial charge in [-0.25, -0.2) is 0 Å². The van der Waals surface area contributed by atoms with Crippen LogP contribution in [-0.4, -0.2) is 24.1 Å². The molecule has 0 heterocycles. The molecule has 0 unspecified atom stereocenters. The van der Waals surface area contributed by atoms with E-state index in [1.165, 1.54) is 19.1 Å². The first-order valence-corrected chi connectivity index (χ1v) is 7.14. The van der Waals surface area contributed by atoms with E-state index in [4.69, 9.17) is 15.9 Å². The molecule has 0 N–H and O–H groups in total. The van der Waals surface area contributed by atoms with E-state index in [9.17, 15) is 14.4 Å². The van der Waals surface area contributed by atoms with Gasteiger partial charge < -0.3 is 9.47 Å². The van der Waals surface area contributed by atoms with Crippen molar-refractivity contribution in [3.63, 3.8) is 0 Å². The van der Waals surface area contributed by atoms with Crippen molar-refractivity contribution < 1.29 is 23.9 Å². The van der Waals surface area contributed by atoms with Crippen molar-refractivity contribution in [2.24, 2.45) is 0 Å². The number of hydrogen-bond donors (Lipinski definition) is 0. The lowest BCUT2D eigenvalue weighted by Gasteiger charge is -2.21.